The molecule has 0 unspecified atom stereocenters. The molecule has 1 saturated carbocycles. The first kappa shape index (κ1) is 12.1. The Labute approximate surface area is 102 Å². The van der Waals surface area contributed by atoms with Gasteiger partial charge in [0.15, 0.2) is 0 Å². The van der Waals surface area contributed by atoms with Crippen LogP contribution >= 0.6 is 0 Å². The van der Waals surface area contributed by atoms with Crippen molar-refractivity contribution >= 4 is 5.91 Å². The van der Waals surface area contributed by atoms with Crippen LogP contribution in [0.5, 0.6) is 0 Å². The summed E-state index contributed by atoms with van der Waals surface area (Å²) in [7, 11) is 0. The van der Waals surface area contributed by atoms with Gasteiger partial charge in [-0.25, -0.2) is 0 Å². The largest absolute Gasteiger partial charge is 0.345 e. The molecule has 1 heterocycles. The smallest absolute Gasteiger partial charge is 0.272 e. The molecule has 0 spiro atoms. The van der Waals surface area contributed by atoms with Crippen LogP contribution in [0.4, 0.5) is 0 Å². The predicted molar refractivity (Wildman–Crippen MR) is 67.0 cm³/mol. The van der Waals surface area contributed by atoms with Crippen molar-refractivity contribution in [3.05, 3.63) is 17.5 Å². The van der Waals surface area contributed by atoms with E-state index in [-0.39, 0.29) is 11.4 Å². The molecular weight excluding hydrogens is 214 g/mol. The number of aromatic nitrogens is 2. The van der Waals surface area contributed by atoms with Gasteiger partial charge in [-0.2, -0.15) is 5.10 Å². The molecule has 94 valence electrons. The lowest BCUT2D eigenvalue weighted by Crippen LogP contribution is -2.43. The Morgan fingerprint density at radius 2 is 2.12 bits per heavy atom. The molecule has 4 heteroatoms. The molecular formula is C13H21N3O. The van der Waals surface area contributed by atoms with E-state index in [1.807, 2.05) is 6.07 Å². The van der Waals surface area contributed by atoms with Crippen molar-refractivity contribution in [3.8, 4) is 0 Å². The molecule has 0 bridgehead atoms. The van der Waals surface area contributed by atoms with Gasteiger partial charge < -0.3 is 5.32 Å². The summed E-state index contributed by atoms with van der Waals surface area (Å²) in [5, 5.41) is 10.1. The van der Waals surface area contributed by atoms with E-state index in [1.165, 1.54) is 12.8 Å². The van der Waals surface area contributed by atoms with Gasteiger partial charge in [-0.15, -0.1) is 0 Å². The molecule has 2 rings (SSSR count). The molecule has 17 heavy (non-hydrogen) atoms. The molecule has 0 radical (unpaired) electrons. The fourth-order valence-corrected chi connectivity index (χ4v) is 2.37. The third-order valence-corrected chi connectivity index (χ3v) is 3.57. The Hall–Kier alpha value is -1.32. The minimum Gasteiger partial charge on any atom is -0.345 e. The zero-order valence-corrected chi connectivity index (χ0v) is 10.8. The molecule has 1 fully saturated rings. The number of hydrogen-bond donors (Lipinski definition) is 2. The molecule has 0 aliphatic heterocycles. The van der Waals surface area contributed by atoms with Gasteiger partial charge in [0.2, 0.25) is 0 Å². The zero-order chi connectivity index (χ0) is 12.5. The van der Waals surface area contributed by atoms with Crippen LogP contribution < -0.4 is 5.32 Å². The average molecular weight is 235 g/mol. The molecule has 4 nitrogen and oxygen atoms in total. The van der Waals surface area contributed by atoms with Gasteiger partial charge in [-0.05, 0) is 31.7 Å². The van der Waals surface area contributed by atoms with Gasteiger partial charge in [0, 0.05) is 11.2 Å². The molecule has 1 aliphatic carbocycles. The maximum atomic E-state index is 12.0. The number of hydrogen-bond acceptors (Lipinski definition) is 2. The molecule has 1 aromatic heterocycles. The van der Waals surface area contributed by atoms with Crippen LogP contribution in [-0.4, -0.2) is 21.6 Å². The highest BCUT2D eigenvalue weighted by Crippen LogP contribution is 2.29. The first-order valence-corrected chi connectivity index (χ1v) is 6.38. The monoisotopic (exact) mass is 235 g/mol. The Morgan fingerprint density at radius 3 is 2.65 bits per heavy atom. The summed E-state index contributed by atoms with van der Waals surface area (Å²) in [6.07, 6.45) is 4.55. The van der Waals surface area contributed by atoms with E-state index in [2.05, 4.69) is 36.3 Å². The molecule has 0 aromatic carbocycles. The minimum atomic E-state index is -0.0578. The van der Waals surface area contributed by atoms with Crippen molar-refractivity contribution in [1.29, 1.82) is 0 Å². The number of carbonyl (C=O) groups is 1. The average Bonchev–Trinajstić information content (AvgIpc) is 2.86. The minimum absolute atomic E-state index is 0.0337. The van der Waals surface area contributed by atoms with Gasteiger partial charge in [-0.1, -0.05) is 26.7 Å². The maximum absolute atomic E-state index is 12.0. The Kier molecular flexibility index (Phi) is 3.22. The summed E-state index contributed by atoms with van der Waals surface area (Å²) < 4.78 is 0. The first-order chi connectivity index (χ1) is 8.00. The summed E-state index contributed by atoms with van der Waals surface area (Å²) in [6.45, 7) is 6.27. The highest BCUT2D eigenvalue weighted by molar-refractivity contribution is 5.92. The number of aromatic amines is 1. The van der Waals surface area contributed by atoms with Crippen LogP contribution in [0.3, 0.4) is 0 Å². The van der Waals surface area contributed by atoms with Gasteiger partial charge in [-0.3, -0.25) is 9.89 Å². The van der Waals surface area contributed by atoms with Crippen molar-refractivity contribution in [3.63, 3.8) is 0 Å². The quantitative estimate of drug-likeness (QED) is 0.846. The van der Waals surface area contributed by atoms with E-state index in [0.717, 1.165) is 18.5 Å². The summed E-state index contributed by atoms with van der Waals surface area (Å²) in [4.78, 5) is 12.0. The lowest BCUT2D eigenvalue weighted by atomic mass is 10.0. The van der Waals surface area contributed by atoms with E-state index < -0.39 is 0 Å². The van der Waals surface area contributed by atoms with Crippen molar-refractivity contribution < 1.29 is 4.79 Å². The third-order valence-electron chi connectivity index (χ3n) is 3.57. The lowest BCUT2D eigenvalue weighted by molar-refractivity contribution is 0.0903. The Bertz CT molecular complexity index is 403. The van der Waals surface area contributed by atoms with E-state index in [9.17, 15) is 4.79 Å². The summed E-state index contributed by atoms with van der Waals surface area (Å²) in [5.41, 5.74) is 1.47. The third kappa shape index (κ3) is 2.68. The number of amides is 1. The van der Waals surface area contributed by atoms with Gasteiger partial charge in [0.1, 0.15) is 5.69 Å². The van der Waals surface area contributed by atoms with Gasteiger partial charge in [0.25, 0.3) is 5.91 Å². The Balaban J connectivity index is 2.04. The SMILES string of the molecule is CC(C)c1cc(C(=O)NC2(C)CCCC2)n[nH]1. The van der Waals surface area contributed by atoms with Crippen molar-refractivity contribution in [1.82, 2.24) is 15.5 Å². The second kappa shape index (κ2) is 4.51. The normalized spacial score (nSPS) is 18.6. The van der Waals surface area contributed by atoms with Crippen molar-refractivity contribution in [2.24, 2.45) is 0 Å². The number of nitrogens with one attached hydrogen (secondary N) is 2. The highest BCUT2D eigenvalue weighted by Gasteiger charge is 2.31. The number of carbonyl (C=O) groups excluding carboxylic acids is 1. The van der Waals surface area contributed by atoms with Crippen LogP contribution in [0.15, 0.2) is 6.07 Å². The van der Waals surface area contributed by atoms with Crippen LogP contribution in [0.1, 0.15) is 68.6 Å². The number of H-pyrrole nitrogens is 1. The van der Waals surface area contributed by atoms with Gasteiger partial charge in [0.05, 0.1) is 0 Å². The van der Waals surface area contributed by atoms with E-state index in [1.54, 1.807) is 0 Å². The second-order valence-electron chi connectivity index (χ2n) is 5.59. The van der Waals surface area contributed by atoms with E-state index in [0.29, 0.717) is 11.6 Å². The van der Waals surface area contributed by atoms with Crippen LogP contribution in [0.2, 0.25) is 0 Å². The lowest BCUT2D eigenvalue weighted by Gasteiger charge is -2.24. The van der Waals surface area contributed by atoms with Gasteiger partial charge >= 0.3 is 0 Å². The fourth-order valence-electron chi connectivity index (χ4n) is 2.37. The Morgan fingerprint density at radius 1 is 1.47 bits per heavy atom. The molecule has 2 N–H and O–H groups in total. The molecule has 1 aliphatic rings. The van der Waals surface area contributed by atoms with Crippen molar-refractivity contribution in [2.75, 3.05) is 0 Å². The standard InChI is InChI=1S/C13H21N3O/c1-9(2)10-8-11(16-15-10)12(17)14-13(3)6-4-5-7-13/h8-9H,4-7H2,1-3H3,(H,14,17)(H,15,16). The van der Waals surface area contributed by atoms with E-state index in [4.69, 9.17) is 0 Å². The zero-order valence-electron chi connectivity index (χ0n) is 10.8. The summed E-state index contributed by atoms with van der Waals surface area (Å²) in [5.74, 6) is 0.309. The summed E-state index contributed by atoms with van der Waals surface area (Å²) in [6, 6.07) is 1.85. The van der Waals surface area contributed by atoms with Crippen LogP contribution in [0, 0.1) is 0 Å². The van der Waals surface area contributed by atoms with E-state index >= 15 is 0 Å². The number of rotatable bonds is 3. The second-order valence-corrected chi connectivity index (χ2v) is 5.59. The summed E-state index contributed by atoms with van der Waals surface area (Å²) >= 11 is 0. The molecule has 1 aromatic rings. The van der Waals surface area contributed by atoms with Crippen molar-refractivity contribution in [2.45, 2.75) is 57.9 Å². The maximum Gasteiger partial charge on any atom is 0.272 e. The van der Waals surface area contributed by atoms with Crippen LogP contribution in [0.25, 0.3) is 0 Å². The molecule has 0 saturated heterocycles. The topological polar surface area (TPSA) is 57.8 Å². The first-order valence-electron chi connectivity index (χ1n) is 6.38. The molecule has 0 atom stereocenters. The van der Waals surface area contributed by atoms with Crippen LogP contribution in [-0.2, 0) is 0 Å². The predicted octanol–water partition coefficient (Wildman–Crippen LogP) is 2.60. The fraction of sp³-hybridized carbons (Fsp3) is 0.692. The number of nitrogens with zero attached hydrogens (tertiary/aromatic N) is 1. The highest BCUT2D eigenvalue weighted by atomic mass is 16.2. The molecule has 1 amide bonds.